The summed E-state index contributed by atoms with van der Waals surface area (Å²) in [6, 6.07) is 1.26. The molecule has 0 aliphatic carbocycles. The van der Waals surface area contributed by atoms with Gasteiger partial charge < -0.3 is 0 Å². The zero-order valence-electron chi connectivity index (χ0n) is 6.77. The molecule has 6 heteroatoms. The zero-order valence-corrected chi connectivity index (χ0v) is 7.59. The van der Waals surface area contributed by atoms with Gasteiger partial charge >= 0.3 is 0 Å². The van der Waals surface area contributed by atoms with Gasteiger partial charge in [0.25, 0.3) is 5.56 Å². The molecule has 0 bridgehead atoms. The Hall–Kier alpha value is -1.17. The third-order valence-corrected chi connectivity index (χ3v) is 2.98. The zero-order chi connectivity index (χ0) is 9.19. The molecule has 1 atom stereocenters. The highest BCUT2D eigenvalue weighted by molar-refractivity contribution is 7.92. The second-order valence-corrected chi connectivity index (χ2v) is 4.58. The molecule has 0 fully saturated rings. The van der Waals surface area contributed by atoms with Crippen molar-refractivity contribution in [3.05, 3.63) is 22.6 Å². The first-order valence-electron chi connectivity index (χ1n) is 3.22. The smallest absolute Gasteiger partial charge is 0.251 e. The van der Waals surface area contributed by atoms with Crippen molar-refractivity contribution in [3.8, 4) is 0 Å². The molecule has 1 aromatic heterocycles. The van der Waals surface area contributed by atoms with E-state index in [2.05, 4.69) is 14.3 Å². The van der Waals surface area contributed by atoms with Crippen molar-refractivity contribution in [2.45, 2.75) is 5.16 Å². The van der Waals surface area contributed by atoms with Crippen LogP contribution in [0.15, 0.2) is 26.6 Å². The van der Waals surface area contributed by atoms with Gasteiger partial charge in [-0.3, -0.25) is 9.78 Å². The number of H-pyrrole nitrogens is 1. The summed E-state index contributed by atoms with van der Waals surface area (Å²) in [7, 11) is -1.09. The topological polar surface area (TPSA) is 75.2 Å². The minimum atomic E-state index is -2.51. The van der Waals surface area contributed by atoms with E-state index in [-0.39, 0.29) is 10.7 Å². The molecule has 1 aromatic rings. The van der Waals surface area contributed by atoms with E-state index in [9.17, 15) is 9.00 Å². The average molecular weight is 187 g/mol. The molecule has 1 N–H and O–H groups in total. The largest absolute Gasteiger partial charge is 0.299 e. The summed E-state index contributed by atoms with van der Waals surface area (Å²) in [4.78, 5) is 16.9. The van der Waals surface area contributed by atoms with Gasteiger partial charge in [0.15, 0.2) is 0 Å². The van der Waals surface area contributed by atoms with Gasteiger partial charge in [0, 0.05) is 25.6 Å². The summed E-state index contributed by atoms with van der Waals surface area (Å²) < 4.78 is 15.1. The van der Waals surface area contributed by atoms with E-state index in [0.717, 1.165) is 0 Å². The van der Waals surface area contributed by atoms with E-state index in [4.69, 9.17) is 0 Å². The van der Waals surface area contributed by atoms with Gasteiger partial charge in [-0.1, -0.05) is 0 Å². The Kier molecular flexibility index (Phi) is 2.27. The van der Waals surface area contributed by atoms with Crippen molar-refractivity contribution in [1.82, 2.24) is 9.97 Å². The molecular formula is C6H9N3O2S. The molecule has 1 unspecified atom stereocenters. The number of aromatic nitrogens is 2. The third-order valence-electron chi connectivity index (χ3n) is 1.35. The molecule has 0 aromatic carbocycles. The number of aromatic amines is 1. The van der Waals surface area contributed by atoms with Gasteiger partial charge in [0.1, 0.15) is 9.73 Å². The Morgan fingerprint density at radius 3 is 2.83 bits per heavy atom. The monoisotopic (exact) mass is 187 g/mol. The number of rotatable bonds is 1. The highest BCUT2D eigenvalue weighted by Gasteiger charge is 2.05. The van der Waals surface area contributed by atoms with Crippen molar-refractivity contribution in [3.63, 3.8) is 0 Å². The van der Waals surface area contributed by atoms with E-state index in [1.807, 2.05) is 0 Å². The second kappa shape index (κ2) is 3.06. The molecule has 0 spiro atoms. The van der Waals surface area contributed by atoms with Crippen LogP contribution < -0.4 is 5.56 Å². The van der Waals surface area contributed by atoms with Crippen molar-refractivity contribution >= 4 is 9.73 Å². The lowest BCUT2D eigenvalue weighted by molar-refractivity contribution is 0.671. The minimum absolute atomic E-state index is 0.123. The van der Waals surface area contributed by atoms with E-state index >= 15 is 0 Å². The number of nitrogens with one attached hydrogen (secondary N) is 1. The predicted molar refractivity (Wildman–Crippen MR) is 45.5 cm³/mol. The summed E-state index contributed by atoms with van der Waals surface area (Å²) in [5.41, 5.74) is -0.321. The highest BCUT2D eigenvalue weighted by Crippen LogP contribution is 1.99. The van der Waals surface area contributed by atoms with Gasteiger partial charge in [-0.15, -0.1) is 0 Å². The van der Waals surface area contributed by atoms with Crippen LogP contribution in [0.5, 0.6) is 0 Å². The number of hydrogen-bond acceptors (Lipinski definition) is 4. The molecule has 0 saturated heterocycles. The molecule has 0 aliphatic heterocycles. The van der Waals surface area contributed by atoms with Crippen molar-refractivity contribution in [2.75, 3.05) is 13.3 Å². The molecule has 12 heavy (non-hydrogen) atoms. The van der Waals surface area contributed by atoms with Gasteiger partial charge in [-0.05, 0) is 0 Å². The lowest BCUT2D eigenvalue weighted by Gasteiger charge is -1.99. The van der Waals surface area contributed by atoms with Crippen molar-refractivity contribution < 1.29 is 4.21 Å². The summed E-state index contributed by atoms with van der Waals surface area (Å²) in [5.74, 6) is 0. The van der Waals surface area contributed by atoms with Crippen LogP contribution in [0.1, 0.15) is 0 Å². The Labute approximate surface area is 70.0 Å². The third kappa shape index (κ3) is 1.70. The molecule has 66 valence electrons. The summed E-state index contributed by atoms with van der Waals surface area (Å²) >= 11 is 0. The standard InChI is InChI=1S/C6H9N3O2S/c1-7-12(2,11)6-8-4-3-5(10)9-6/h3-4H,1-2H3,(H,8,9,10). The SMILES string of the molecule is CN=S(C)(=O)c1nccc(=O)[nH]1. The van der Waals surface area contributed by atoms with E-state index in [1.165, 1.54) is 25.6 Å². The molecule has 0 aliphatic rings. The maximum atomic E-state index is 11.5. The quantitative estimate of drug-likeness (QED) is 0.621. The lowest BCUT2D eigenvalue weighted by Crippen LogP contribution is -2.12. The Balaban J connectivity index is 3.41. The fourth-order valence-electron chi connectivity index (χ4n) is 0.631. The fraction of sp³-hybridized carbons (Fsp3) is 0.333. The minimum Gasteiger partial charge on any atom is -0.299 e. The van der Waals surface area contributed by atoms with Gasteiger partial charge in [-0.2, -0.15) is 0 Å². The molecule has 0 saturated carbocycles. The van der Waals surface area contributed by atoms with Crippen LogP contribution >= 0.6 is 0 Å². The van der Waals surface area contributed by atoms with Gasteiger partial charge in [0.2, 0.25) is 5.16 Å². The highest BCUT2D eigenvalue weighted by atomic mass is 32.2. The Morgan fingerprint density at radius 1 is 1.67 bits per heavy atom. The number of hydrogen-bond donors (Lipinski definition) is 1. The average Bonchev–Trinajstić information content (AvgIpc) is 2.05. The molecular weight excluding hydrogens is 178 g/mol. The Morgan fingerprint density at radius 2 is 2.33 bits per heavy atom. The normalized spacial score (nSPS) is 15.2. The van der Waals surface area contributed by atoms with Crippen LogP contribution in [-0.2, 0) is 9.73 Å². The summed E-state index contributed by atoms with van der Waals surface area (Å²) in [5, 5.41) is 0.123. The first-order valence-corrected chi connectivity index (χ1v) is 5.14. The number of nitrogens with zero attached hydrogens (tertiary/aromatic N) is 2. The maximum Gasteiger partial charge on any atom is 0.251 e. The molecule has 1 rings (SSSR count). The first kappa shape index (κ1) is 8.92. The van der Waals surface area contributed by atoms with Crippen LogP contribution in [0.2, 0.25) is 0 Å². The fourth-order valence-corrected chi connectivity index (χ4v) is 1.35. The van der Waals surface area contributed by atoms with Gasteiger partial charge in [0.05, 0.1) is 0 Å². The van der Waals surface area contributed by atoms with Crippen LogP contribution in [0.25, 0.3) is 0 Å². The van der Waals surface area contributed by atoms with Crippen LogP contribution in [-0.4, -0.2) is 27.5 Å². The van der Waals surface area contributed by atoms with E-state index < -0.39 is 9.73 Å². The van der Waals surface area contributed by atoms with Gasteiger partial charge in [-0.25, -0.2) is 13.6 Å². The summed E-state index contributed by atoms with van der Waals surface area (Å²) in [6.07, 6.45) is 2.73. The maximum absolute atomic E-state index is 11.5. The Bertz CT molecular complexity index is 442. The molecule has 0 amide bonds. The van der Waals surface area contributed by atoms with E-state index in [1.54, 1.807) is 0 Å². The van der Waals surface area contributed by atoms with Crippen LogP contribution in [0, 0.1) is 0 Å². The first-order chi connectivity index (χ1) is 5.56. The molecule has 0 radical (unpaired) electrons. The summed E-state index contributed by atoms with van der Waals surface area (Å²) in [6.45, 7) is 0. The van der Waals surface area contributed by atoms with Crippen molar-refractivity contribution in [1.29, 1.82) is 0 Å². The van der Waals surface area contributed by atoms with Crippen LogP contribution in [0.4, 0.5) is 0 Å². The second-order valence-electron chi connectivity index (χ2n) is 2.22. The molecule has 5 nitrogen and oxygen atoms in total. The van der Waals surface area contributed by atoms with Crippen molar-refractivity contribution in [2.24, 2.45) is 4.36 Å². The lowest BCUT2D eigenvalue weighted by atomic mass is 10.7. The van der Waals surface area contributed by atoms with Crippen LogP contribution in [0.3, 0.4) is 0 Å². The van der Waals surface area contributed by atoms with E-state index in [0.29, 0.717) is 0 Å². The predicted octanol–water partition coefficient (Wildman–Crippen LogP) is -0.144. The molecule has 1 heterocycles.